The molecule has 1 unspecified atom stereocenters. The molecule has 24 heavy (non-hydrogen) atoms. The first kappa shape index (κ1) is 23.7. The quantitative estimate of drug-likeness (QED) is 0.183. The zero-order valence-corrected chi connectivity index (χ0v) is 17.8. The Labute approximate surface area is 154 Å². The van der Waals surface area contributed by atoms with Crippen molar-refractivity contribution < 1.29 is 0 Å². The monoisotopic (exact) mass is 336 g/mol. The van der Waals surface area contributed by atoms with Crippen molar-refractivity contribution in [3.8, 4) is 0 Å². The maximum absolute atomic E-state index is 2.64. The Balaban J connectivity index is 4.61. The molecule has 0 heteroatoms. The van der Waals surface area contributed by atoms with Gasteiger partial charge in [0, 0.05) is 0 Å². The fraction of sp³-hybridized carbons (Fsp3) is 0.917. The van der Waals surface area contributed by atoms with Crippen LogP contribution in [0.15, 0.2) is 12.2 Å². The summed E-state index contributed by atoms with van der Waals surface area (Å²) in [4.78, 5) is 0. The molecule has 0 fully saturated rings. The lowest BCUT2D eigenvalue weighted by molar-refractivity contribution is 0.132. The largest absolute Gasteiger partial charge is 0.0882 e. The van der Waals surface area contributed by atoms with Gasteiger partial charge in [-0.15, -0.1) is 0 Å². The fourth-order valence-electron chi connectivity index (χ4n) is 4.65. The molecule has 0 aliphatic rings. The van der Waals surface area contributed by atoms with E-state index in [0.29, 0.717) is 5.41 Å². The molecule has 0 rings (SSSR count). The number of rotatable bonds is 17. The van der Waals surface area contributed by atoms with Crippen LogP contribution in [0.2, 0.25) is 0 Å². The summed E-state index contributed by atoms with van der Waals surface area (Å²) in [6.45, 7) is 11.8. The molecule has 0 saturated heterocycles. The minimum Gasteiger partial charge on any atom is -0.0882 e. The normalized spacial score (nSPS) is 13.7. The molecule has 0 amide bonds. The molecule has 0 nitrogen and oxygen atoms in total. The van der Waals surface area contributed by atoms with E-state index in [1.54, 1.807) is 0 Å². The van der Waals surface area contributed by atoms with Gasteiger partial charge in [0.05, 0.1) is 0 Å². The van der Waals surface area contributed by atoms with Crippen molar-refractivity contribution in [1.29, 1.82) is 0 Å². The Bertz CT molecular complexity index is 259. The summed E-state index contributed by atoms with van der Waals surface area (Å²) >= 11 is 0. The van der Waals surface area contributed by atoms with E-state index < -0.39 is 0 Å². The van der Waals surface area contributed by atoms with Gasteiger partial charge in [-0.05, 0) is 49.9 Å². The fourth-order valence-corrected chi connectivity index (χ4v) is 4.65. The van der Waals surface area contributed by atoms with E-state index in [1.165, 1.54) is 96.3 Å². The molecular formula is C24H48. The van der Waals surface area contributed by atoms with Gasteiger partial charge >= 0.3 is 0 Å². The Hall–Kier alpha value is -0.260. The molecule has 0 bridgehead atoms. The second kappa shape index (κ2) is 16.2. The van der Waals surface area contributed by atoms with E-state index in [2.05, 4.69) is 46.8 Å². The summed E-state index contributed by atoms with van der Waals surface area (Å²) in [7, 11) is 0. The summed E-state index contributed by atoms with van der Waals surface area (Å²) < 4.78 is 0. The van der Waals surface area contributed by atoms with Crippen molar-refractivity contribution in [2.24, 2.45) is 11.3 Å². The third kappa shape index (κ3) is 9.90. The van der Waals surface area contributed by atoms with Gasteiger partial charge in [-0.1, -0.05) is 105 Å². The van der Waals surface area contributed by atoms with Crippen molar-refractivity contribution in [3.05, 3.63) is 12.2 Å². The van der Waals surface area contributed by atoms with Crippen LogP contribution in [0, 0.1) is 11.3 Å². The Morgan fingerprint density at radius 3 is 1.67 bits per heavy atom. The van der Waals surface area contributed by atoms with E-state index in [0.717, 1.165) is 5.92 Å². The lowest BCUT2D eigenvalue weighted by Crippen LogP contribution is -2.29. The zero-order valence-electron chi connectivity index (χ0n) is 17.8. The molecule has 0 aromatic carbocycles. The topological polar surface area (TPSA) is 0 Å². The molecule has 0 aliphatic heterocycles. The SMILES string of the molecule is CCCCCCCCC=CC(CCC)C(CCC)(CCC)CCC. The van der Waals surface area contributed by atoms with Crippen molar-refractivity contribution in [2.75, 3.05) is 0 Å². The Kier molecular flexibility index (Phi) is 16.0. The molecular weight excluding hydrogens is 288 g/mol. The van der Waals surface area contributed by atoms with Crippen molar-refractivity contribution in [1.82, 2.24) is 0 Å². The van der Waals surface area contributed by atoms with Crippen molar-refractivity contribution in [3.63, 3.8) is 0 Å². The van der Waals surface area contributed by atoms with Gasteiger partial charge in [0.2, 0.25) is 0 Å². The molecule has 144 valence electrons. The Morgan fingerprint density at radius 2 is 1.17 bits per heavy atom. The molecule has 0 aliphatic carbocycles. The van der Waals surface area contributed by atoms with Gasteiger partial charge in [0.25, 0.3) is 0 Å². The number of hydrogen-bond donors (Lipinski definition) is 0. The molecule has 0 aromatic heterocycles. The van der Waals surface area contributed by atoms with E-state index in [-0.39, 0.29) is 0 Å². The average Bonchev–Trinajstić information content (AvgIpc) is 2.57. The van der Waals surface area contributed by atoms with Gasteiger partial charge in [-0.3, -0.25) is 0 Å². The molecule has 0 radical (unpaired) electrons. The summed E-state index contributed by atoms with van der Waals surface area (Å²) in [6, 6.07) is 0. The van der Waals surface area contributed by atoms with Crippen LogP contribution in [0.1, 0.15) is 131 Å². The first-order valence-electron chi connectivity index (χ1n) is 11.4. The van der Waals surface area contributed by atoms with Gasteiger partial charge in [-0.2, -0.15) is 0 Å². The molecule has 0 saturated carbocycles. The van der Waals surface area contributed by atoms with E-state index in [9.17, 15) is 0 Å². The molecule has 0 heterocycles. The van der Waals surface area contributed by atoms with Crippen LogP contribution < -0.4 is 0 Å². The zero-order chi connectivity index (χ0) is 18.1. The summed E-state index contributed by atoms with van der Waals surface area (Å²) in [6.07, 6.45) is 25.9. The second-order valence-electron chi connectivity index (χ2n) is 7.99. The van der Waals surface area contributed by atoms with E-state index in [4.69, 9.17) is 0 Å². The lowest BCUT2D eigenvalue weighted by Gasteiger charge is -2.40. The van der Waals surface area contributed by atoms with Gasteiger partial charge in [-0.25, -0.2) is 0 Å². The predicted octanol–water partition coefficient (Wildman–Crippen LogP) is 9.10. The summed E-state index contributed by atoms with van der Waals surface area (Å²) in [5, 5.41) is 0. The maximum atomic E-state index is 2.64. The van der Waals surface area contributed by atoms with Gasteiger partial charge < -0.3 is 0 Å². The lowest BCUT2D eigenvalue weighted by atomic mass is 9.65. The molecule has 0 spiro atoms. The van der Waals surface area contributed by atoms with Crippen LogP contribution in [0.5, 0.6) is 0 Å². The highest BCUT2D eigenvalue weighted by Crippen LogP contribution is 2.45. The third-order valence-corrected chi connectivity index (χ3v) is 5.72. The highest BCUT2D eigenvalue weighted by atomic mass is 14.4. The first-order chi connectivity index (χ1) is 11.7. The van der Waals surface area contributed by atoms with Gasteiger partial charge in [0.15, 0.2) is 0 Å². The number of hydrogen-bond acceptors (Lipinski definition) is 0. The van der Waals surface area contributed by atoms with Crippen LogP contribution in [0.3, 0.4) is 0 Å². The highest BCUT2D eigenvalue weighted by Gasteiger charge is 2.34. The Morgan fingerprint density at radius 1 is 0.625 bits per heavy atom. The first-order valence-corrected chi connectivity index (χ1v) is 11.4. The van der Waals surface area contributed by atoms with Crippen molar-refractivity contribution in [2.45, 2.75) is 131 Å². The van der Waals surface area contributed by atoms with Crippen molar-refractivity contribution >= 4 is 0 Å². The van der Waals surface area contributed by atoms with Crippen LogP contribution in [-0.4, -0.2) is 0 Å². The molecule has 1 atom stereocenters. The predicted molar refractivity (Wildman–Crippen MR) is 113 cm³/mol. The third-order valence-electron chi connectivity index (χ3n) is 5.72. The van der Waals surface area contributed by atoms with Crippen LogP contribution in [-0.2, 0) is 0 Å². The minimum atomic E-state index is 0.575. The molecule has 0 aromatic rings. The minimum absolute atomic E-state index is 0.575. The second-order valence-corrected chi connectivity index (χ2v) is 7.99. The van der Waals surface area contributed by atoms with E-state index in [1.807, 2.05) is 0 Å². The maximum Gasteiger partial charge on any atom is -0.0177 e. The highest BCUT2D eigenvalue weighted by molar-refractivity contribution is 4.98. The standard InChI is InChI=1S/C24H48/c1-6-11-12-13-14-15-16-17-19-23(18-7-2)24(20-8-3,21-9-4)22-10-5/h17,19,23H,6-16,18,20-22H2,1-5H3. The van der Waals surface area contributed by atoms with E-state index >= 15 is 0 Å². The van der Waals surface area contributed by atoms with Crippen LogP contribution in [0.25, 0.3) is 0 Å². The number of allylic oxidation sites excluding steroid dienone is 2. The van der Waals surface area contributed by atoms with Crippen LogP contribution >= 0.6 is 0 Å². The molecule has 0 N–H and O–H groups in total. The van der Waals surface area contributed by atoms with Gasteiger partial charge in [0.1, 0.15) is 0 Å². The number of unbranched alkanes of at least 4 members (excludes halogenated alkanes) is 6. The van der Waals surface area contributed by atoms with Crippen LogP contribution in [0.4, 0.5) is 0 Å². The smallest absolute Gasteiger partial charge is 0.0177 e. The summed E-state index contributed by atoms with van der Waals surface area (Å²) in [5.41, 5.74) is 0.575. The summed E-state index contributed by atoms with van der Waals surface area (Å²) in [5.74, 6) is 0.808. The average molecular weight is 337 g/mol.